The number of fused-ring (bicyclic) bond motifs is 3. The molecule has 1 aliphatic carbocycles. The van der Waals surface area contributed by atoms with Crippen molar-refractivity contribution in [3.8, 4) is 0 Å². The van der Waals surface area contributed by atoms with Crippen LogP contribution in [0.2, 0.25) is 0 Å². The molecule has 17 nitrogen and oxygen atoms in total. The number of hydrogen-bond donors (Lipinski definition) is 3. The average Bonchev–Trinajstić information content (AvgIpc) is 3.38. The summed E-state index contributed by atoms with van der Waals surface area (Å²) in [4.78, 5) is 72.6. The standard InChI is InChI=1S/C57H91NO16/c1-36-16-12-11-13-17-37(2)48(72-29-28-71-27-26-70-25-24-67-8)34-44-21-19-42(7)57(66,74-44)54(63)55(64)58-23-15-14-18-45(58)56(65)73-49(39(4)32-43-20-22-46(59)50(33-43)68-9)35-47(60)38(3)31-41(6)52(62)53(69-10)51(61)40(5)30-36/h11-13,16-17,31,36,38-40,42-46,48-50,52-53,59,62,66H,14-15,18-30,32-35H2,1-10H3/b13-11+,16-12+,37-17+,41-31+/t36-,38-,39-,40-,42-,43+,44+,45+,46-,48?,49+,50-,52-,53+,57-/m1/s1. The Morgan fingerprint density at radius 1 is 0.797 bits per heavy atom. The molecule has 1 unspecified atom stereocenters. The fourth-order valence-electron chi connectivity index (χ4n) is 10.7. The second-order valence-corrected chi connectivity index (χ2v) is 21.4. The second kappa shape index (κ2) is 31.7. The van der Waals surface area contributed by atoms with Crippen LogP contribution in [0.4, 0.5) is 0 Å². The number of amides is 1. The van der Waals surface area contributed by atoms with Gasteiger partial charge in [0, 0.05) is 58.5 Å². The van der Waals surface area contributed by atoms with E-state index in [1.807, 2.05) is 58.1 Å². The molecule has 0 aromatic rings. The summed E-state index contributed by atoms with van der Waals surface area (Å²) < 4.78 is 46.4. The monoisotopic (exact) mass is 1050 g/mol. The van der Waals surface area contributed by atoms with Gasteiger partial charge >= 0.3 is 5.97 Å². The van der Waals surface area contributed by atoms with Crippen molar-refractivity contribution in [2.45, 2.75) is 180 Å². The van der Waals surface area contributed by atoms with Crippen LogP contribution in [0.15, 0.2) is 47.6 Å². The van der Waals surface area contributed by atoms with E-state index in [9.17, 15) is 39.3 Å². The number of esters is 1. The van der Waals surface area contributed by atoms with Crippen molar-refractivity contribution in [1.82, 2.24) is 4.90 Å². The Balaban J connectivity index is 1.68. The molecular weight excluding hydrogens is 955 g/mol. The summed E-state index contributed by atoms with van der Waals surface area (Å²) in [5, 5.41) is 34.2. The smallest absolute Gasteiger partial charge is 0.329 e. The number of ether oxygens (including phenoxy) is 8. The highest BCUT2D eigenvalue weighted by molar-refractivity contribution is 6.39. The van der Waals surface area contributed by atoms with Crippen LogP contribution in [0.3, 0.4) is 0 Å². The number of methoxy groups -OCH3 is 3. The molecule has 15 atom stereocenters. The van der Waals surface area contributed by atoms with Crippen molar-refractivity contribution < 1.29 is 77.2 Å². The van der Waals surface area contributed by atoms with Crippen molar-refractivity contribution in [1.29, 1.82) is 0 Å². The number of ketones is 3. The molecule has 74 heavy (non-hydrogen) atoms. The summed E-state index contributed by atoms with van der Waals surface area (Å²) in [6.45, 7) is 14.9. The SMILES string of the molecule is COCCOCCOCCOC1C[C@@H]2CC[C@@H](C)[C@@](O)(O2)C(=O)C(=O)N2CCCC[C@H]2C(=O)O[C@H]([C@H](C)C[C@@H]2CC[C@@H](O)[C@H](OC)C2)CC(=O)[C@H](C)/C=C(\C)[C@@H](O)[C@@H](OC)C(=O)[C@H](C)C[C@H](C)/C=C/C=C/C=C/1C. The third-order valence-corrected chi connectivity index (χ3v) is 15.5. The first kappa shape index (κ1) is 63.0. The summed E-state index contributed by atoms with van der Waals surface area (Å²) >= 11 is 0. The van der Waals surface area contributed by atoms with E-state index >= 15 is 0 Å². The molecule has 0 spiro atoms. The minimum absolute atomic E-state index is 0.0133. The molecule has 420 valence electrons. The van der Waals surface area contributed by atoms with Crippen molar-refractivity contribution in [2.24, 2.45) is 35.5 Å². The van der Waals surface area contributed by atoms with E-state index in [0.717, 1.165) is 5.57 Å². The molecule has 1 amide bonds. The number of aliphatic hydroxyl groups is 3. The molecule has 2 bridgehead atoms. The van der Waals surface area contributed by atoms with Gasteiger partial charge < -0.3 is 58.1 Å². The summed E-state index contributed by atoms with van der Waals surface area (Å²) in [6.07, 6.45) is 10.6. The first-order chi connectivity index (χ1) is 35.2. The third-order valence-electron chi connectivity index (χ3n) is 15.5. The maximum Gasteiger partial charge on any atom is 0.329 e. The lowest BCUT2D eigenvalue weighted by atomic mass is 9.78. The van der Waals surface area contributed by atoms with E-state index in [0.29, 0.717) is 89.8 Å². The van der Waals surface area contributed by atoms with Crippen LogP contribution in [0.5, 0.6) is 0 Å². The zero-order valence-corrected chi connectivity index (χ0v) is 46.1. The van der Waals surface area contributed by atoms with Crippen LogP contribution in [0, 0.1) is 35.5 Å². The Hall–Kier alpha value is -3.49. The van der Waals surface area contributed by atoms with Crippen LogP contribution < -0.4 is 0 Å². The molecule has 4 aliphatic rings. The third kappa shape index (κ3) is 18.6. The van der Waals surface area contributed by atoms with Gasteiger partial charge in [0.1, 0.15) is 30.1 Å². The largest absolute Gasteiger partial charge is 0.460 e. The lowest BCUT2D eigenvalue weighted by molar-refractivity contribution is -0.266. The quantitative estimate of drug-likeness (QED) is 0.0716. The molecule has 17 heteroatoms. The van der Waals surface area contributed by atoms with Gasteiger partial charge in [0.15, 0.2) is 5.78 Å². The van der Waals surface area contributed by atoms with E-state index in [1.54, 1.807) is 41.1 Å². The molecule has 3 heterocycles. The van der Waals surface area contributed by atoms with E-state index in [4.69, 9.17) is 37.9 Å². The Bertz CT molecular complexity index is 1920. The number of Topliss-reactive ketones (excluding diaryl/α,β-unsaturated/α-hetero) is 3. The van der Waals surface area contributed by atoms with Crippen LogP contribution in [-0.4, -0.2) is 172 Å². The summed E-state index contributed by atoms with van der Waals surface area (Å²) in [7, 11) is 4.55. The van der Waals surface area contributed by atoms with Gasteiger partial charge in [-0.3, -0.25) is 19.2 Å². The summed E-state index contributed by atoms with van der Waals surface area (Å²) in [5.41, 5.74) is 1.22. The van der Waals surface area contributed by atoms with Gasteiger partial charge in [0.25, 0.3) is 11.7 Å². The van der Waals surface area contributed by atoms with Gasteiger partial charge in [-0.1, -0.05) is 71.1 Å². The predicted octanol–water partition coefficient (Wildman–Crippen LogP) is 6.23. The number of carbonyl (C=O) groups is 5. The van der Waals surface area contributed by atoms with Crippen molar-refractivity contribution >= 4 is 29.2 Å². The molecule has 0 aromatic heterocycles. The lowest BCUT2D eigenvalue weighted by Gasteiger charge is -2.43. The van der Waals surface area contributed by atoms with Gasteiger partial charge in [-0.25, -0.2) is 4.79 Å². The van der Waals surface area contributed by atoms with Gasteiger partial charge in [0.2, 0.25) is 5.79 Å². The Kier molecular flexibility index (Phi) is 27.0. The van der Waals surface area contributed by atoms with Gasteiger partial charge in [-0.15, -0.1) is 0 Å². The highest BCUT2D eigenvalue weighted by Gasteiger charge is 2.53. The van der Waals surface area contributed by atoms with Crippen LogP contribution in [-0.2, 0) is 61.9 Å². The number of nitrogens with zero attached hydrogens (tertiary/aromatic N) is 1. The predicted molar refractivity (Wildman–Crippen MR) is 278 cm³/mol. The van der Waals surface area contributed by atoms with Crippen LogP contribution in [0.1, 0.15) is 126 Å². The molecular formula is C57H91NO16. The zero-order chi connectivity index (χ0) is 54.5. The molecule has 0 radical (unpaired) electrons. The highest BCUT2D eigenvalue weighted by Crippen LogP contribution is 2.38. The molecule has 3 N–H and O–H groups in total. The molecule has 0 aromatic carbocycles. The maximum absolute atomic E-state index is 14.5. The Labute approximate surface area is 440 Å². The van der Waals surface area contributed by atoms with Gasteiger partial charge in [0.05, 0.1) is 64.1 Å². The zero-order valence-electron chi connectivity index (χ0n) is 46.1. The number of carbonyl (C=O) groups excluding carboxylic acids is 5. The van der Waals surface area contributed by atoms with Crippen molar-refractivity contribution in [3.63, 3.8) is 0 Å². The molecule has 1 saturated carbocycles. The molecule has 3 fully saturated rings. The second-order valence-electron chi connectivity index (χ2n) is 21.4. The topological polar surface area (TPSA) is 223 Å². The number of cyclic esters (lactones) is 1. The van der Waals surface area contributed by atoms with Crippen LogP contribution in [0.25, 0.3) is 0 Å². The lowest BCUT2D eigenvalue weighted by Crippen LogP contribution is -2.61. The fraction of sp³-hybridized carbons (Fsp3) is 0.772. The normalized spacial score (nSPS) is 37.0. The fourth-order valence-corrected chi connectivity index (χ4v) is 10.7. The number of allylic oxidation sites excluding steroid dienone is 6. The van der Waals surface area contributed by atoms with Gasteiger partial charge in [-0.05, 0) is 107 Å². The number of piperidine rings is 1. The maximum atomic E-state index is 14.5. The average molecular weight is 1050 g/mol. The number of hydrogen-bond acceptors (Lipinski definition) is 16. The highest BCUT2D eigenvalue weighted by atomic mass is 16.6. The number of rotatable bonds is 15. The summed E-state index contributed by atoms with van der Waals surface area (Å²) in [6, 6.07) is -1.17. The Morgan fingerprint density at radius 2 is 1.50 bits per heavy atom. The van der Waals surface area contributed by atoms with Crippen LogP contribution >= 0.6 is 0 Å². The molecule has 2 saturated heterocycles. The number of aliphatic hydroxyl groups excluding tert-OH is 2. The van der Waals surface area contributed by atoms with Gasteiger partial charge in [-0.2, -0.15) is 0 Å². The van der Waals surface area contributed by atoms with Crippen molar-refractivity contribution in [3.05, 3.63) is 47.6 Å². The minimum atomic E-state index is -2.49. The first-order valence-electron chi connectivity index (χ1n) is 27.2. The molecule has 4 rings (SSSR count). The van der Waals surface area contributed by atoms with E-state index in [-0.39, 0.29) is 74.4 Å². The molecule has 3 aliphatic heterocycles. The Morgan fingerprint density at radius 3 is 2.19 bits per heavy atom. The minimum Gasteiger partial charge on any atom is -0.460 e. The van der Waals surface area contributed by atoms with E-state index in [1.165, 1.54) is 12.0 Å². The first-order valence-corrected chi connectivity index (χ1v) is 27.2. The van der Waals surface area contributed by atoms with Crippen molar-refractivity contribution in [2.75, 3.05) is 67.5 Å². The van der Waals surface area contributed by atoms with E-state index in [2.05, 4.69) is 0 Å². The van der Waals surface area contributed by atoms with E-state index < -0.39 is 83.9 Å². The summed E-state index contributed by atoms with van der Waals surface area (Å²) in [5.74, 6) is -8.25.